The molecular formula is C23H20N2O3. The molecule has 4 rings (SSSR count). The van der Waals surface area contributed by atoms with Crippen molar-refractivity contribution in [3.05, 3.63) is 89.0 Å². The van der Waals surface area contributed by atoms with Crippen LogP contribution in [0, 0.1) is 6.92 Å². The average molecular weight is 372 g/mol. The molecule has 0 spiro atoms. The van der Waals surface area contributed by atoms with Crippen molar-refractivity contribution in [1.29, 1.82) is 0 Å². The van der Waals surface area contributed by atoms with E-state index in [1.807, 2.05) is 37.3 Å². The minimum atomic E-state index is -0.203. The van der Waals surface area contributed by atoms with Crippen LogP contribution >= 0.6 is 0 Å². The molecule has 1 N–H and O–H groups in total. The summed E-state index contributed by atoms with van der Waals surface area (Å²) in [5.74, 6) is 0.670. The highest BCUT2D eigenvalue weighted by Gasteiger charge is 2.26. The molecule has 2 amide bonds. The Morgan fingerprint density at radius 3 is 2.54 bits per heavy atom. The number of nitrogens with one attached hydrogen (secondary N) is 1. The molecule has 0 radical (unpaired) electrons. The van der Waals surface area contributed by atoms with Crippen LogP contribution in [0.25, 0.3) is 0 Å². The molecule has 0 atom stereocenters. The molecule has 0 aromatic heterocycles. The highest BCUT2D eigenvalue weighted by molar-refractivity contribution is 6.10. The van der Waals surface area contributed by atoms with Crippen LogP contribution < -0.4 is 15.0 Å². The minimum absolute atomic E-state index is 0.174. The van der Waals surface area contributed by atoms with Crippen molar-refractivity contribution in [3.8, 4) is 11.5 Å². The van der Waals surface area contributed by atoms with Gasteiger partial charge in [-0.2, -0.15) is 0 Å². The van der Waals surface area contributed by atoms with Gasteiger partial charge in [0.25, 0.3) is 11.8 Å². The highest BCUT2D eigenvalue weighted by atomic mass is 16.5. The molecule has 1 aliphatic heterocycles. The van der Waals surface area contributed by atoms with Crippen LogP contribution in [0.1, 0.15) is 31.8 Å². The van der Waals surface area contributed by atoms with Crippen molar-refractivity contribution in [3.63, 3.8) is 0 Å². The van der Waals surface area contributed by atoms with Gasteiger partial charge in [-0.3, -0.25) is 9.59 Å². The van der Waals surface area contributed by atoms with Crippen LogP contribution in [0.3, 0.4) is 0 Å². The number of carbonyl (C=O) groups is 2. The lowest BCUT2D eigenvalue weighted by molar-refractivity contribution is 0.0948. The Hall–Kier alpha value is -3.60. The van der Waals surface area contributed by atoms with Crippen LogP contribution in [0.15, 0.2) is 66.7 Å². The number of amides is 2. The normalized spacial score (nSPS) is 12.5. The Kier molecular flexibility index (Phi) is 4.57. The third-order valence-electron chi connectivity index (χ3n) is 4.80. The smallest absolute Gasteiger partial charge is 0.261 e. The highest BCUT2D eigenvalue weighted by Crippen LogP contribution is 2.38. The molecule has 0 saturated heterocycles. The van der Waals surface area contributed by atoms with Gasteiger partial charge in [-0.15, -0.1) is 0 Å². The van der Waals surface area contributed by atoms with Crippen molar-refractivity contribution in [2.75, 3.05) is 11.9 Å². The summed E-state index contributed by atoms with van der Waals surface area (Å²) in [6.07, 6.45) is 0. The zero-order valence-corrected chi connectivity index (χ0v) is 15.7. The number of nitrogens with zero attached hydrogens (tertiary/aromatic N) is 1. The molecule has 5 heteroatoms. The number of ether oxygens (including phenoxy) is 1. The summed E-state index contributed by atoms with van der Waals surface area (Å²) in [4.78, 5) is 26.9. The number of fused-ring (bicyclic) bond motifs is 2. The lowest BCUT2D eigenvalue weighted by atomic mass is 10.1. The average Bonchev–Trinajstić information content (AvgIpc) is 2.82. The Labute approximate surface area is 163 Å². The number of hydrogen-bond donors (Lipinski definition) is 1. The van der Waals surface area contributed by atoms with Gasteiger partial charge in [0.2, 0.25) is 0 Å². The summed E-state index contributed by atoms with van der Waals surface area (Å²) < 4.78 is 5.92. The van der Waals surface area contributed by atoms with E-state index in [1.54, 1.807) is 43.4 Å². The van der Waals surface area contributed by atoms with Crippen LogP contribution in [-0.4, -0.2) is 18.9 Å². The van der Waals surface area contributed by atoms with Crippen LogP contribution in [-0.2, 0) is 6.54 Å². The van der Waals surface area contributed by atoms with Crippen molar-refractivity contribution >= 4 is 17.5 Å². The summed E-state index contributed by atoms with van der Waals surface area (Å²) in [5.41, 5.74) is 3.73. The van der Waals surface area contributed by atoms with Gasteiger partial charge in [-0.25, -0.2) is 0 Å². The fourth-order valence-electron chi connectivity index (χ4n) is 3.14. The molecule has 0 unspecified atom stereocenters. The number of benzene rings is 3. The molecular weight excluding hydrogens is 352 g/mol. The minimum Gasteiger partial charge on any atom is -0.454 e. The molecule has 1 heterocycles. The Morgan fingerprint density at radius 1 is 1.00 bits per heavy atom. The van der Waals surface area contributed by atoms with Crippen LogP contribution in [0.4, 0.5) is 5.69 Å². The lowest BCUT2D eigenvalue weighted by Gasteiger charge is -2.17. The van der Waals surface area contributed by atoms with E-state index in [0.717, 1.165) is 5.56 Å². The third kappa shape index (κ3) is 3.34. The maximum atomic E-state index is 12.8. The van der Waals surface area contributed by atoms with E-state index in [-0.39, 0.29) is 11.8 Å². The van der Waals surface area contributed by atoms with Gasteiger partial charge >= 0.3 is 0 Å². The van der Waals surface area contributed by atoms with Crippen molar-refractivity contribution < 1.29 is 14.3 Å². The zero-order valence-electron chi connectivity index (χ0n) is 15.7. The molecule has 0 fully saturated rings. The fraction of sp³-hybridized carbons (Fsp3) is 0.130. The fourth-order valence-corrected chi connectivity index (χ4v) is 3.14. The molecule has 0 saturated carbocycles. The molecule has 140 valence electrons. The van der Waals surface area contributed by atoms with E-state index in [9.17, 15) is 9.59 Å². The Morgan fingerprint density at radius 2 is 1.75 bits per heavy atom. The third-order valence-corrected chi connectivity index (χ3v) is 4.80. The first-order valence-corrected chi connectivity index (χ1v) is 9.05. The van der Waals surface area contributed by atoms with Gasteiger partial charge in [-0.1, -0.05) is 42.0 Å². The van der Waals surface area contributed by atoms with E-state index in [2.05, 4.69) is 5.32 Å². The summed E-state index contributed by atoms with van der Waals surface area (Å²) in [5, 5.41) is 2.92. The van der Waals surface area contributed by atoms with E-state index < -0.39 is 0 Å². The van der Waals surface area contributed by atoms with Gasteiger partial charge in [0.1, 0.15) is 5.75 Å². The number of aryl methyl sites for hydroxylation is 1. The summed E-state index contributed by atoms with van der Waals surface area (Å²) >= 11 is 0. The quantitative estimate of drug-likeness (QED) is 0.745. The molecule has 0 aliphatic carbocycles. The lowest BCUT2D eigenvalue weighted by Crippen LogP contribution is -2.26. The Balaban J connectivity index is 1.57. The number of hydrogen-bond acceptors (Lipinski definition) is 3. The number of anilines is 1. The molecule has 1 aliphatic rings. The Bertz CT molecular complexity index is 1060. The molecule has 0 bridgehead atoms. The SMILES string of the molecule is Cc1ccc(CNC(=O)c2ccc3c(c2)N(C)C(=O)c2ccccc2O3)cc1. The molecule has 3 aromatic rings. The van der Waals surface area contributed by atoms with Crippen LogP contribution in [0.2, 0.25) is 0 Å². The first kappa shape index (κ1) is 17.8. The summed E-state index contributed by atoms with van der Waals surface area (Å²) in [6.45, 7) is 2.46. The summed E-state index contributed by atoms with van der Waals surface area (Å²) in [6, 6.07) is 20.2. The van der Waals surface area contributed by atoms with Crippen LogP contribution in [0.5, 0.6) is 11.5 Å². The van der Waals surface area contributed by atoms with Crippen molar-refractivity contribution in [2.24, 2.45) is 0 Å². The monoisotopic (exact) mass is 372 g/mol. The van der Waals surface area contributed by atoms with Gasteiger partial charge in [0.15, 0.2) is 5.75 Å². The number of para-hydroxylation sites is 1. The van der Waals surface area contributed by atoms with Gasteiger partial charge < -0.3 is 15.0 Å². The molecule has 5 nitrogen and oxygen atoms in total. The van der Waals surface area contributed by atoms with E-state index in [1.165, 1.54) is 10.5 Å². The largest absolute Gasteiger partial charge is 0.454 e. The zero-order chi connectivity index (χ0) is 19.7. The maximum absolute atomic E-state index is 12.8. The topological polar surface area (TPSA) is 58.6 Å². The number of carbonyl (C=O) groups excluding carboxylic acids is 2. The first-order valence-electron chi connectivity index (χ1n) is 9.05. The maximum Gasteiger partial charge on any atom is 0.261 e. The first-order chi connectivity index (χ1) is 13.5. The second-order valence-electron chi connectivity index (χ2n) is 6.81. The second kappa shape index (κ2) is 7.19. The standard InChI is InChI=1S/C23H20N2O3/c1-15-7-9-16(10-8-15)14-24-22(26)17-11-12-21-19(13-17)25(2)23(27)18-5-3-4-6-20(18)28-21/h3-13H,14H2,1-2H3,(H,24,26). The second-order valence-corrected chi connectivity index (χ2v) is 6.81. The number of rotatable bonds is 3. The van der Waals surface area contributed by atoms with Gasteiger partial charge in [0, 0.05) is 19.2 Å². The van der Waals surface area contributed by atoms with Crippen molar-refractivity contribution in [2.45, 2.75) is 13.5 Å². The summed E-state index contributed by atoms with van der Waals surface area (Å²) in [7, 11) is 1.68. The predicted octanol–water partition coefficient (Wildman–Crippen LogP) is 4.31. The van der Waals surface area contributed by atoms with E-state index >= 15 is 0 Å². The molecule has 28 heavy (non-hydrogen) atoms. The van der Waals surface area contributed by atoms with Gasteiger partial charge in [0.05, 0.1) is 11.3 Å². The van der Waals surface area contributed by atoms with Crippen molar-refractivity contribution in [1.82, 2.24) is 5.32 Å². The predicted molar refractivity (Wildman–Crippen MR) is 108 cm³/mol. The molecule has 3 aromatic carbocycles. The van der Waals surface area contributed by atoms with E-state index in [4.69, 9.17) is 4.74 Å². The van der Waals surface area contributed by atoms with Gasteiger partial charge in [-0.05, 0) is 42.8 Å². The van der Waals surface area contributed by atoms with E-state index in [0.29, 0.717) is 34.9 Å².